The molecule has 168 valence electrons. The van der Waals surface area contributed by atoms with Crippen LogP contribution in [0.2, 0.25) is 0 Å². The van der Waals surface area contributed by atoms with Crippen molar-refractivity contribution in [2.24, 2.45) is 4.99 Å². The molecule has 31 heavy (non-hydrogen) atoms. The molecule has 2 N–H and O–H groups in total. The Balaban J connectivity index is 2.26. The van der Waals surface area contributed by atoms with E-state index >= 15 is 0 Å². The van der Waals surface area contributed by atoms with Crippen molar-refractivity contribution in [3.63, 3.8) is 0 Å². The average Bonchev–Trinajstić information content (AvgIpc) is 2.71. The summed E-state index contributed by atoms with van der Waals surface area (Å²) in [6.07, 6.45) is 1.31. The Labute approximate surface area is 181 Å². The Morgan fingerprint density at radius 2 is 1.94 bits per heavy atom. The Kier molecular flexibility index (Phi) is 8.87. The fraction of sp³-hybridized carbons (Fsp3) is 0.500. The lowest BCUT2D eigenvalue weighted by Gasteiger charge is -2.16. The number of esters is 1. The van der Waals surface area contributed by atoms with Crippen LogP contribution in [-0.4, -0.2) is 54.1 Å². The van der Waals surface area contributed by atoms with Crippen LogP contribution < -0.4 is 16.1 Å². The summed E-state index contributed by atoms with van der Waals surface area (Å²) in [6, 6.07) is 3.91. The van der Waals surface area contributed by atoms with E-state index in [1.807, 2.05) is 44.4 Å². The second-order valence-electron chi connectivity index (χ2n) is 7.57. The summed E-state index contributed by atoms with van der Waals surface area (Å²) in [5.41, 5.74) is 3.89. The molecule has 0 saturated heterocycles. The molecule has 0 radical (unpaired) electrons. The topological polar surface area (TPSA) is 115 Å². The zero-order valence-corrected chi connectivity index (χ0v) is 18.8. The largest absolute Gasteiger partial charge is 0.463 e. The number of amides is 2. The molecule has 0 aliphatic rings. The van der Waals surface area contributed by atoms with Crippen molar-refractivity contribution in [3.8, 4) is 0 Å². The zero-order chi connectivity index (χ0) is 23.0. The molecule has 0 saturated carbocycles. The van der Waals surface area contributed by atoms with Gasteiger partial charge in [0, 0.05) is 26.6 Å². The summed E-state index contributed by atoms with van der Waals surface area (Å²) < 4.78 is 6.95. The molecule has 0 bridgehead atoms. The lowest BCUT2D eigenvalue weighted by atomic mass is 10.1. The third-order valence-electron chi connectivity index (χ3n) is 4.81. The lowest BCUT2D eigenvalue weighted by molar-refractivity contribution is -0.147. The van der Waals surface area contributed by atoms with Crippen LogP contribution in [0, 0.1) is 13.8 Å². The van der Waals surface area contributed by atoms with E-state index in [4.69, 9.17) is 4.74 Å². The molecular weight excluding hydrogens is 398 g/mol. The molecule has 0 aliphatic heterocycles. The van der Waals surface area contributed by atoms with Gasteiger partial charge in [-0.15, -0.1) is 0 Å². The summed E-state index contributed by atoms with van der Waals surface area (Å²) in [5.74, 6) is -0.620. The fourth-order valence-electron chi connectivity index (χ4n) is 3.18. The number of ether oxygens (including phenoxy) is 1. The van der Waals surface area contributed by atoms with Crippen molar-refractivity contribution >= 4 is 29.3 Å². The van der Waals surface area contributed by atoms with Crippen LogP contribution in [0.3, 0.4) is 0 Å². The fourth-order valence-corrected chi connectivity index (χ4v) is 3.18. The number of aromatic nitrogens is 2. The van der Waals surface area contributed by atoms with E-state index in [1.165, 1.54) is 7.05 Å². The van der Waals surface area contributed by atoms with Crippen LogP contribution in [0.4, 0.5) is 0 Å². The van der Waals surface area contributed by atoms with Crippen molar-refractivity contribution < 1.29 is 19.1 Å². The first kappa shape index (κ1) is 24.2. The Morgan fingerprint density at radius 1 is 1.23 bits per heavy atom. The maximum Gasteiger partial charge on any atom is 0.306 e. The normalized spacial score (nSPS) is 11.7. The van der Waals surface area contributed by atoms with E-state index < -0.39 is 5.91 Å². The van der Waals surface area contributed by atoms with Crippen LogP contribution in [0.5, 0.6) is 0 Å². The van der Waals surface area contributed by atoms with Gasteiger partial charge in [-0.1, -0.05) is 0 Å². The summed E-state index contributed by atoms with van der Waals surface area (Å²) in [5, 5.41) is 5.84. The highest BCUT2D eigenvalue weighted by Crippen LogP contribution is 2.17. The van der Waals surface area contributed by atoms with Gasteiger partial charge < -0.3 is 19.9 Å². The number of hydrogen-bond donors (Lipinski definition) is 2. The molecule has 0 spiro atoms. The van der Waals surface area contributed by atoms with E-state index in [0.29, 0.717) is 44.4 Å². The second kappa shape index (κ2) is 11.4. The highest BCUT2D eigenvalue weighted by molar-refractivity contribution is 5.93. The summed E-state index contributed by atoms with van der Waals surface area (Å²) in [6.45, 7) is 9.29. The summed E-state index contributed by atoms with van der Waals surface area (Å²) in [4.78, 5) is 43.6. The van der Waals surface area contributed by atoms with Crippen molar-refractivity contribution in [1.82, 2.24) is 20.2 Å². The van der Waals surface area contributed by atoms with Crippen molar-refractivity contribution in [3.05, 3.63) is 34.4 Å². The molecule has 2 aromatic rings. The Hall–Kier alpha value is -3.07. The number of benzene rings is 1. The van der Waals surface area contributed by atoms with Crippen LogP contribution in [-0.2, 0) is 20.9 Å². The summed E-state index contributed by atoms with van der Waals surface area (Å²) >= 11 is 0. The van der Waals surface area contributed by atoms with Crippen molar-refractivity contribution in [2.45, 2.75) is 53.2 Å². The van der Waals surface area contributed by atoms with Gasteiger partial charge in [0.25, 0.3) is 5.91 Å². The number of hydrogen-bond acceptors (Lipinski definition) is 6. The van der Waals surface area contributed by atoms with Gasteiger partial charge >= 0.3 is 5.97 Å². The van der Waals surface area contributed by atoms with Crippen LogP contribution >= 0.6 is 0 Å². The number of fused-ring (bicyclic) bond motifs is 1. The predicted octanol–water partition coefficient (Wildman–Crippen LogP) is 1.39. The molecule has 1 aromatic heterocycles. The third-order valence-corrected chi connectivity index (χ3v) is 4.81. The number of aryl methyl sites for hydroxylation is 2. The molecule has 0 aliphatic carbocycles. The van der Waals surface area contributed by atoms with Crippen LogP contribution in [0.15, 0.2) is 17.1 Å². The number of carbonyl (C=O) groups is 3. The maximum absolute atomic E-state index is 12.4. The highest BCUT2D eigenvalue weighted by Gasteiger charge is 2.16. The van der Waals surface area contributed by atoms with E-state index in [9.17, 15) is 14.4 Å². The van der Waals surface area contributed by atoms with Gasteiger partial charge in [0.2, 0.25) is 6.41 Å². The highest BCUT2D eigenvalue weighted by atomic mass is 16.5. The van der Waals surface area contributed by atoms with Crippen molar-refractivity contribution in [2.75, 3.05) is 20.1 Å². The summed E-state index contributed by atoms with van der Waals surface area (Å²) in [7, 11) is 1.51. The average molecular weight is 430 g/mol. The minimum Gasteiger partial charge on any atom is -0.463 e. The standard InChI is InChI=1S/C22H31N5O4/c1-14(2)31-19(29)7-6-8-24-9-10-27-18-12-16(4)15(3)11-17(18)26-20(22(30)23-5)21(27)25-13-28/h11-14,24H,6-10H2,1-5H3,(H,23,30). The van der Waals surface area contributed by atoms with E-state index in [-0.39, 0.29) is 23.3 Å². The first-order valence-corrected chi connectivity index (χ1v) is 10.4. The van der Waals surface area contributed by atoms with E-state index in [2.05, 4.69) is 20.6 Å². The molecule has 9 nitrogen and oxygen atoms in total. The van der Waals surface area contributed by atoms with Crippen molar-refractivity contribution in [1.29, 1.82) is 0 Å². The first-order valence-electron chi connectivity index (χ1n) is 10.4. The number of carbonyl (C=O) groups excluding carboxylic acids is 3. The number of rotatable bonds is 10. The number of nitrogens with zero attached hydrogens (tertiary/aromatic N) is 3. The van der Waals surface area contributed by atoms with E-state index in [0.717, 1.165) is 16.6 Å². The molecule has 9 heteroatoms. The van der Waals surface area contributed by atoms with Crippen LogP contribution in [0.1, 0.15) is 48.3 Å². The van der Waals surface area contributed by atoms with Gasteiger partial charge in [-0.2, -0.15) is 4.99 Å². The lowest BCUT2D eigenvalue weighted by Crippen LogP contribution is -2.36. The second-order valence-corrected chi connectivity index (χ2v) is 7.57. The zero-order valence-electron chi connectivity index (χ0n) is 18.8. The Morgan fingerprint density at radius 3 is 2.58 bits per heavy atom. The molecule has 1 heterocycles. The predicted molar refractivity (Wildman–Crippen MR) is 118 cm³/mol. The molecular formula is C22H31N5O4. The molecule has 0 fully saturated rings. The van der Waals surface area contributed by atoms with Gasteiger partial charge in [-0.3, -0.25) is 14.4 Å². The Bertz CT molecular complexity index is 1030. The first-order chi connectivity index (χ1) is 14.8. The molecule has 2 rings (SSSR count). The quantitative estimate of drug-likeness (QED) is 0.335. The van der Waals surface area contributed by atoms with Gasteiger partial charge in [-0.25, -0.2) is 4.98 Å². The van der Waals surface area contributed by atoms with Gasteiger partial charge in [0.1, 0.15) is 0 Å². The smallest absolute Gasteiger partial charge is 0.306 e. The SMILES string of the molecule is CNC(=O)c1nc2cc(C)c(C)cc2n(CCNCCCC(=O)OC(C)C)c1=NC=O. The van der Waals surface area contributed by atoms with Gasteiger partial charge in [0.15, 0.2) is 11.2 Å². The molecule has 0 atom stereocenters. The van der Waals surface area contributed by atoms with Crippen LogP contribution in [0.25, 0.3) is 11.0 Å². The minimum absolute atomic E-state index is 0.0989. The van der Waals surface area contributed by atoms with E-state index in [1.54, 1.807) is 0 Å². The maximum atomic E-state index is 12.4. The molecule has 2 amide bonds. The number of nitrogens with one attached hydrogen (secondary N) is 2. The van der Waals surface area contributed by atoms with Gasteiger partial charge in [-0.05, 0) is 63.9 Å². The minimum atomic E-state index is -0.411. The third kappa shape index (κ3) is 6.45. The van der Waals surface area contributed by atoms with Gasteiger partial charge in [0.05, 0.1) is 17.1 Å². The molecule has 1 aromatic carbocycles. The monoisotopic (exact) mass is 429 g/mol. The molecule has 0 unspecified atom stereocenters.